The Hall–Kier alpha value is -0.750. The second kappa shape index (κ2) is 5.93. The third-order valence-electron chi connectivity index (χ3n) is 3.44. The van der Waals surface area contributed by atoms with Crippen LogP contribution in [0.5, 0.6) is 0 Å². The van der Waals surface area contributed by atoms with Crippen molar-refractivity contribution in [2.45, 2.75) is 25.8 Å². The monoisotopic (exact) mass is 282 g/mol. The third-order valence-corrected chi connectivity index (χ3v) is 4.17. The Balaban J connectivity index is 2.22. The van der Waals surface area contributed by atoms with Crippen LogP contribution >= 0.6 is 23.2 Å². The topological polar surface area (TPSA) is 27.0 Å². The molecule has 0 saturated carbocycles. The van der Waals surface area contributed by atoms with E-state index in [0.717, 1.165) is 25.1 Å². The number of piperidine rings is 1. The van der Waals surface area contributed by atoms with Crippen molar-refractivity contribution in [3.8, 4) is 6.07 Å². The number of likely N-dealkylation sites (tertiary alicyclic amines) is 1. The second-order valence-corrected chi connectivity index (χ2v) is 5.76. The Morgan fingerprint density at radius 3 is 2.78 bits per heavy atom. The summed E-state index contributed by atoms with van der Waals surface area (Å²) in [5.74, 6) is 0.650. The highest BCUT2D eigenvalue weighted by Gasteiger charge is 2.25. The Kier molecular flexibility index (Phi) is 4.50. The maximum atomic E-state index is 9.41. The van der Waals surface area contributed by atoms with Gasteiger partial charge in [-0.25, -0.2) is 0 Å². The quantitative estimate of drug-likeness (QED) is 0.809. The zero-order valence-electron chi connectivity index (χ0n) is 10.4. The summed E-state index contributed by atoms with van der Waals surface area (Å²) in [4.78, 5) is 2.23. The maximum Gasteiger partial charge on any atom is 0.123 e. The van der Waals surface area contributed by atoms with Gasteiger partial charge in [0.1, 0.15) is 6.04 Å². The smallest absolute Gasteiger partial charge is 0.123 e. The van der Waals surface area contributed by atoms with Gasteiger partial charge in [-0.3, -0.25) is 4.90 Å². The molecule has 2 nitrogen and oxygen atoms in total. The molecule has 1 saturated heterocycles. The molecule has 1 aliphatic rings. The predicted octanol–water partition coefficient (Wildman–Crippen LogP) is 4.29. The normalized spacial score (nSPS) is 22.4. The zero-order valence-corrected chi connectivity index (χ0v) is 11.9. The minimum atomic E-state index is -0.220. The molecule has 1 heterocycles. The van der Waals surface area contributed by atoms with E-state index in [0.29, 0.717) is 16.0 Å². The van der Waals surface area contributed by atoms with Gasteiger partial charge in [0.15, 0.2) is 0 Å². The summed E-state index contributed by atoms with van der Waals surface area (Å²) in [6.07, 6.45) is 2.40. The molecule has 0 bridgehead atoms. The van der Waals surface area contributed by atoms with Crippen LogP contribution in [0.25, 0.3) is 0 Å². The lowest BCUT2D eigenvalue weighted by atomic mass is 9.97. The first-order valence-electron chi connectivity index (χ1n) is 6.20. The fourth-order valence-electron chi connectivity index (χ4n) is 2.51. The van der Waals surface area contributed by atoms with Gasteiger partial charge in [0.25, 0.3) is 0 Å². The van der Waals surface area contributed by atoms with E-state index in [9.17, 15) is 5.26 Å². The Morgan fingerprint density at radius 2 is 2.17 bits per heavy atom. The standard InChI is InChI=1S/C14H16Cl2N2/c1-10-3-2-6-18(9-10)14(8-17)11-4-5-12(15)13(16)7-11/h4-5,7,10,14H,2-3,6,9H2,1H3. The summed E-state index contributed by atoms with van der Waals surface area (Å²) in [6, 6.07) is 7.61. The molecule has 2 rings (SSSR count). The van der Waals surface area contributed by atoms with Crippen LogP contribution in [-0.4, -0.2) is 18.0 Å². The van der Waals surface area contributed by atoms with Crippen molar-refractivity contribution >= 4 is 23.2 Å². The van der Waals surface area contributed by atoms with E-state index in [-0.39, 0.29) is 6.04 Å². The van der Waals surface area contributed by atoms with Gasteiger partial charge in [0, 0.05) is 6.54 Å². The lowest BCUT2D eigenvalue weighted by Crippen LogP contribution is -2.36. The van der Waals surface area contributed by atoms with E-state index >= 15 is 0 Å². The average Bonchev–Trinajstić information content (AvgIpc) is 2.35. The molecular weight excluding hydrogens is 267 g/mol. The van der Waals surface area contributed by atoms with Crippen LogP contribution in [0, 0.1) is 17.2 Å². The van der Waals surface area contributed by atoms with Crippen LogP contribution in [0.3, 0.4) is 0 Å². The van der Waals surface area contributed by atoms with Crippen LogP contribution in [0.15, 0.2) is 18.2 Å². The molecule has 0 radical (unpaired) electrons. The predicted molar refractivity (Wildman–Crippen MR) is 74.8 cm³/mol. The first-order chi connectivity index (χ1) is 8.61. The highest BCUT2D eigenvalue weighted by molar-refractivity contribution is 6.42. The van der Waals surface area contributed by atoms with E-state index in [1.165, 1.54) is 6.42 Å². The summed E-state index contributed by atoms with van der Waals surface area (Å²) < 4.78 is 0. The van der Waals surface area contributed by atoms with Crippen molar-refractivity contribution in [3.63, 3.8) is 0 Å². The fourth-order valence-corrected chi connectivity index (χ4v) is 2.82. The molecule has 0 spiro atoms. The number of rotatable bonds is 2. The minimum absolute atomic E-state index is 0.220. The molecule has 1 aliphatic heterocycles. The Bertz CT molecular complexity index is 467. The van der Waals surface area contributed by atoms with Gasteiger partial charge in [0.2, 0.25) is 0 Å². The van der Waals surface area contributed by atoms with Crippen molar-refractivity contribution in [2.24, 2.45) is 5.92 Å². The molecule has 0 aromatic heterocycles. The Labute approximate surface area is 118 Å². The zero-order chi connectivity index (χ0) is 13.1. The highest BCUT2D eigenvalue weighted by Crippen LogP contribution is 2.30. The van der Waals surface area contributed by atoms with Crippen molar-refractivity contribution in [2.75, 3.05) is 13.1 Å². The second-order valence-electron chi connectivity index (χ2n) is 4.95. The molecule has 18 heavy (non-hydrogen) atoms. The van der Waals surface area contributed by atoms with Crippen molar-refractivity contribution in [1.29, 1.82) is 5.26 Å². The fraction of sp³-hybridized carbons (Fsp3) is 0.500. The van der Waals surface area contributed by atoms with E-state index in [1.807, 2.05) is 6.07 Å². The molecule has 0 amide bonds. The van der Waals surface area contributed by atoms with Crippen molar-refractivity contribution in [1.82, 2.24) is 4.90 Å². The van der Waals surface area contributed by atoms with Gasteiger partial charge >= 0.3 is 0 Å². The number of nitriles is 1. The van der Waals surface area contributed by atoms with E-state index < -0.39 is 0 Å². The first-order valence-corrected chi connectivity index (χ1v) is 6.96. The molecule has 0 aliphatic carbocycles. The molecule has 2 unspecified atom stereocenters. The number of hydrogen-bond donors (Lipinski definition) is 0. The molecule has 1 aromatic rings. The lowest BCUT2D eigenvalue weighted by Gasteiger charge is -2.34. The maximum absolute atomic E-state index is 9.41. The van der Waals surface area contributed by atoms with Gasteiger partial charge in [-0.05, 0) is 43.0 Å². The Morgan fingerprint density at radius 1 is 1.39 bits per heavy atom. The van der Waals surface area contributed by atoms with Gasteiger partial charge in [-0.2, -0.15) is 5.26 Å². The summed E-state index contributed by atoms with van der Waals surface area (Å²) in [7, 11) is 0. The van der Waals surface area contributed by atoms with E-state index in [4.69, 9.17) is 23.2 Å². The van der Waals surface area contributed by atoms with Crippen molar-refractivity contribution < 1.29 is 0 Å². The summed E-state index contributed by atoms with van der Waals surface area (Å²) in [6.45, 7) is 4.18. The molecular formula is C14H16Cl2N2. The molecule has 0 N–H and O–H groups in total. The third kappa shape index (κ3) is 2.98. The largest absolute Gasteiger partial charge is 0.284 e. The minimum Gasteiger partial charge on any atom is -0.284 e. The number of hydrogen-bond acceptors (Lipinski definition) is 2. The first kappa shape index (κ1) is 13.7. The van der Waals surface area contributed by atoms with Gasteiger partial charge < -0.3 is 0 Å². The molecule has 96 valence electrons. The average molecular weight is 283 g/mol. The van der Waals surface area contributed by atoms with Gasteiger partial charge in [-0.15, -0.1) is 0 Å². The number of nitrogens with zero attached hydrogens (tertiary/aromatic N) is 2. The summed E-state index contributed by atoms with van der Waals surface area (Å²) >= 11 is 11.9. The van der Waals surface area contributed by atoms with Gasteiger partial charge in [-0.1, -0.05) is 36.2 Å². The van der Waals surface area contributed by atoms with E-state index in [1.54, 1.807) is 12.1 Å². The van der Waals surface area contributed by atoms with Gasteiger partial charge in [0.05, 0.1) is 16.1 Å². The van der Waals surface area contributed by atoms with Crippen LogP contribution in [0.4, 0.5) is 0 Å². The number of halogens is 2. The van der Waals surface area contributed by atoms with Crippen LogP contribution in [0.1, 0.15) is 31.4 Å². The molecule has 2 atom stereocenters. The summed E-state index contributed by atoms with van der Waals surface area (Å²) in [5, 5.41) is 10.5. The lowest BCUT2D eigenvalue weighted by molar-refractivity contribution is 0.156. The SMILES string of the molecule is CC1CCCN(C(C#N)c2ccc(Cl)c(Cl)c2)C1. The highest BCUT2D eigenvalue weighted by atomic mass is 35.5. The molecule has 1 fully saturated rings. The number of benzene rings is 1. The summed E-state index contributed by atoms with van der Waals surface area (Å²) in [5.41, 5.74) is 0.931. The van der Waals surface area contributed by atoms with Crippen LogP contribution in [0.2, 0.25) is 10.0 Å². The van der Waals surface area contributed by atoms with Crippen molar-refractivity contribution in [3.05, 3.63) is 33.8 Å². The molecule has 1 aromatic carbocycles. The molecule has 4 heteroatoms. The van der Waals surface area contributed by atoms with E-state index in [2.05, 4.69) is 17.9 Å². The van der Waals surface area contributed by atoms with Crippen LogP contribution in [-0.2, 0) is 0 Å². The van der Waals surface area contributed by atoms with Crippen LogP contribution < -0.4 is 0 Å².